The smallest absolute Gasteiger partial charge is 0.146 e. The molecule has 1 aromatic rings. The molecule has 1 aromatic carbocycles. The highest BCUT2D eigenvalue weighted by molar-refractivity contribution is 5.57. The van der Waals surface area contributed by atoms with Crippen LogP contribution in [-0.2, 0) is 0 Å². The second-order valence-corrected chi connectivity index (χ2v) is 4.80. The monoisotopic (exact) mass is 247 g/mol. The molecule has 1 aliphatic rings. The third-order valence-corrected chi connectivity index (χ3v) is 3.25. The maximum absolute atomic E-state index is 14.1. The van der Waals surface area contributed by atoms with Gasteiger partial charge in [0.05, 0.1) is 18.2 Å². The molecule has 18 heavy (non-hydrogen) atoms. The maximum Gasteiger partial charge on any atom is 0.146 e. The topological polar surface area (TPSA) is 53.0 Å². The van der Waals surface area contributed by atoms with Gasteiger partial charge >= 0.3 is 0 Å². The van der Waals surface area contributed by atoms with Crippen LogP contribution in [0, 0.1) is 17.1 Å². The van der Waals surface area contributed by atoms with Crippen molar-refractivity contribution in [3.05, 3.63) is 29.6 Å². The zero-order valence-electron chi connectivity index (χ0n) is 10.6. The Morgan fingerprint density at radius 1 is 1.56 bits per heavy atom. The first kappa shape index (κ1) is 12.8. The summed E-state index contributed by atoms with van der Waals surface area (Å²) in [4.78, 5) is 2.01. The maximum atomic E-state index is 14.1. The van der Waals surface area contributed by atoms with E-state index < -0.39 is 0 Å². The van der Waals surface area contributed by atoms with E-state index in [4.69, 9.17) is 11.0 Å². The number of benzene rings is 1. The highest BCUT2D eigenvalue weighted by atomic mass is 19.1. The van der Waals surface area contributed by atoms with Crippen molar-refractivity contribution in [1.82, 2.24) is 0 Å². The Morgan fingerprint density at radius 2 is 2.28 bits per heavy atom. The van der Waals surface area contributed by atoms with Crippen LogP contribution in [-0.4, -0.2) is 12.6 Å². The Bertz CT molecular complexity index is 461. The summed E-state index contributed by atoms with van der Waals surface area (Å²) >= 11 is 0. The summed E-state index contributed by atoms with van der Waals surface area (Å²) in [7, 11) is 0. The highest BCUT2D eigenvalue weighted by Gasteiger charge is 2.32. The van der Waals surface area contributed by atoms with E-state index in [1.165, 1.54) is 6.07 Å². The zero-order chi connectivity index (χ0) is 13.1. The molecule has 2 rings (SSSR count). The molecule has 0 amide bonds. The number of rotatable bonds is 5. The van der Waals surface area contributed by atoms with Crippen molar-refractivity contribution >= 4 is 5.69 Å². The molecule has 0 aromatic heterocycles. The van der Waals surface area contributed by atoms with E-state index >= 15 is 0 Å². The van der Waals surface area contributed by atoms with E-state index in [1.54, 1.807) is 6.07 Å². The van der Waals surface area contributed by atoms with Crippen LogP contribution in [0.25, 0.3) is 0 Å². The SMILES string of the molecule is C[C@@H](N)c1cccc(F)c1N(CCC#N)C1CC1. The average Bonchev–Trinajstić information content (AvgIpc) is 3.15. The second-order valence-electron chi connectivity index (χ2n) is 4.80. The summed E-state index contributed by atoms with van der Waals surface area (Å²) in [5.74, 6) is -0.241. The molecular weight excluding hydrogens is 229 g/mol. The van der Waals surface area contributed by atoms with Crippen LogP contribution < -0.4 is 10.6 Å². The minimum absolute atomic E-state index is 0.209. The first-order valence-corrected chi connectivity index (χ1v) is 6.32. The summed E-state index contributed by atoms with van der Waals surface area (Å²) < 4.78 is 14.1. The summed E-state index contributed by atoms with van der Waals surface area (Å²) in [6.07, 6.45) is 2.54. The van der Waals surface area contributed by atoms with Crippen LogP contribution in [0.5, 0.6) is 0 Å². The van der Waals surface area contributed by atoms with Gasteiger partial charge in [-0.05, 0) is 31.4 Å². The fourth-order valence-electron chi connectivity index (χ4n) is 2.24. The van der Waals surface area contributed by atoms with E-state index in [0.717, 1.165) is 18.4 Å². The largest absolute Gasteiger partial charge is 0.365 e. The normalized spacial score (nSPS) is 16.1. The fraction of sp³-hybridized carbons (Fsp3) is 0.500. The van der Waals surface area contributed by atoms with Crippen molar-refractivity contribution < 1.29 is 4.39 Å². The Hall–Kier alpha value is -1.60. The molecule has 0 unspecified atom stereocenters. The Kier molecular flexibility index (Phi) is 3.83. The molecule has 1 atom stereocenters. The third-order valence-electron chi connectivity index (χ3n) is 3.25. The third kappa shape index (κ3) is 2.62. The molecule has 2 N–H and O–H groups in total. The first-order chi connectivity index (χ1) is 8.65. The molecule has 1 saturated carbocycles. The van der Waals surface area contributed by atoms with Gasteiger partial charge in [-0.2, -0.15) is 5.26 Å². The van der Waals surface area contributed by atoms with E-state index in [1.807, 2.05) is 17.9 Å². The van der Waals surface area contributed by atoms with Gasteiger partial charge in [-0.1, -0.05) is 12.1 Å². The lowest BCUT2D eigenvalue weighted by Gasteiger charge is -2.27. The number of nitriles is 1. The second kappa shape index (κ2) is 5.36. The number of hydrogen-bond acceptors (Lipinski definition) is 3. The van der Waals surface area contributed by atoms with Gasteiger partial charge in [-0.15, -0.1) is 0 Å². The lowest BCUT2D eigenvalue weighted by molar-refractivity contribution is 0.608. The van der Waals surface area contributed by atoms with E-state index in [0.29, 0.717) is 24.7 Å². The van der Waals surface area contributed by atoms with Crippen molar-refractivity contribution in [2.24, 2.45) is 5.73 Å². The van der Waals surface area contributed by atoms with Gasteiger partial charge in [0, 0.05) is 18.6 Å². The number of para-hydroxylation sites is 1. The van der Waals surface area contributed by atoms with Crippen LogP contribution in [0.1, 0.15) is 37.8 Å². The average molecular weight is 247 g/mol. The number of nitrogens with zero attached hydrogens (tertiary/aromatic N) is 2. The lowest BCUT2D eigenvalue weighted by Crippen LogP contribution is -2.29. The molecule has 96 valence electrons. The van der Waals surface area contributed by atoms with Crippen LogP contribution in [0.2, 0.25) is 0 Å². The van der Waals surface area contributed by atoms with Gasteiger partial charge in [0.1, 0.15) is 5.82 Å². The van der Waals surface area contributed by atoms with Crippen molar-refractivity contribution in [3.63, 3.8) is 0 Å². The molecule has 1 aliphatic carbocycles. The summed E-state index contributed by atoms with van der Waals surface area (Å²) in [5.41, 5.74) is 7.32. The minimum Gasteiger partial charge on any atom is -0.365 e. The van der Waals surface area contributed by atoms with Gasteiger partial charge in [-0.25, -0.2) is 4.39 Å². The molecule has 1 fully saturated rings. The summed E-state index contributed by atoms with van der Waals surface area (Å²) in [5, 5.41) is 8.72. The summed E-state index contributed by atoms with van der Waals surface area (Å²) in [6.45, 7) is 2.43. The first-order valence-electron chi connectivity index (χ1n) is 6.32. The van der Waals surface area contributed by atoms with Gasteiger partial charge in [-0.3, -0.25) is 0 Å². The number of anilines is 1. The zero-order valence-corrected chi connectivity index (χ0v) is 10.6. The molecule has 0 radical (unpaired) electrons. The molecule has 4 heteroatoms. The molecule has 0 spiro atoms. The quantitative estimate of drug-likeness (QED) is 0.870. The number of hydrogen-bond donors (Lipinski definition) is 1. The molecule has 0 aliphatic heterocycles. The van der Waals surface area contributed by atoms with E-state index in [9.17, 15) is 4.39 Å². The van der Waals surface area contributed by atoms with Crippen LogP contribution >= 0.6 is 0 Å². The van der Waals surface area contributed by atoms with Gasteiger partial charge in [0.2, 0.25) is 0 Å². The molecule has 0 heterocycles. The number of nitrogens with two attached hydrogens (primary N) is 1. The Morgan fingerprint density at radius 3 is 2.83 bits per heavy atom. The van der Waals surface area contributed by atoms with Crippen LogP contribution in [0.15, 0.2) is 18.2 Å². The van der Waals surface area contributed by atoms with Crippen molar-refractivity contribution in [2.75, 3.05) is 11.4 Å². The van der Waals surface area contributed by atoms with Crippen molar-refractivity contribution in [2.45, 2.75) is 38.3 Å². The van der Waals surface area contributed by atoms with Crippen LogP contribution in [0.3, 0.4) is 0 Å². The molecule has 0 bridgehead atoms. The molecular formula is C14H18FN3. The van der Waals surface area contributed by atoms with E-state index in [-0.39, 0.29) is 11.9 Å². The lowest BCUT2D eigenvalue weighted by atomic mass is 10.0. The summed E-state index contributed by atoms with van der Waals surface area (Å²) in [6, 6.07) is 7.30. The molecule has 0 saturated heterocycles. The predicted octanol–water partition coefficient (Wildman–Crippen LogP) is 2.73. The Balaban J connectivity index is 2.36. The van der Waals surface area contributed by atoms with Gasteiger partial charge < -0.3 is 10.6 Å². The predicted molar refractivity (Wildman–Crippen MR) is 69.6 cm³/mol. The standard InChI is InChI=1S/C14H18FN3/c1-10(17)12-4-2-5-13(15)14(12)18(9-3-8-16)11-6-7-11/h2,4-5,10-11H,3,6-7,9,17H2,1H3/t10-/m1/s1. The van der Waals surface area contributed by atoms with E-state index in [2.05, 4.69) is 6.07 Å². The fourth-order valence-corrected chi connectivity index (χ4v) is 2.24. The minimum atomic E-state index is -0.241. The Labute approximate surface area is 107 Å². The van der Waals surface area contributed by atoms with Crippen molar-refractivity contribution in [3.8, 4) is 6.07 Å². The van der Waals surface area contributed by atoms with Gasteiger partial charge in [0.15, 0.2) is 0 Å². The van der Waals surface area contributed by atoms with Crippen molar-refractivity contribution in [1.29, 1.82) is 5.26 Å². The van der Waals surface area contributed by atoms with Gasteiger partial charge in [0.25, 0.3) is 0 Å². The number of halogens is 1. The molecule has 3 nitrogen and oxygen atoms in total. The highest BCUT2D eigenvalue weighted by Crippen LogP contribution is 2.36. The van der Waals surface area contributed by atoms with Crippen LogP contribution in [0.4, 0.5) is 10.1 Å².